The van der Waals surface area contributed by atoms with Crippen LogP contribution in [0, 0.1) is 0 Å². The molecule has 0 aliphatic rings. The predicted molar refractivity (Wildman–Crippen MR) is 88.4 cm³/mol. The number of fused-ring (bicyclic) bond motifs is 1. The zero-order valence-electron chi connectivity index (χ0n) is 12.4. The lowest BCUT2D eigenvalue weighted by molar-refractivity contribution is -0.120. The van der Waals surface area contributed by atoms with E-state index >= 15 is 0 Å². The van der Waals surface area contributed by atoms with Crippen molar-refractivity contribution in [1.29, 1.82) is 0 Å². The fraction of sp³-hybridized carbons (Fsp3) is 0.222. The van der Waals surface area contributed by atoms with Gasteiger partial charge in [-0.1, -0.05) is 42.5 Å². The number of allylic oxidation sites excluding steroid dienone is 1. The minimum Gasteiger partial charge on any atom is -0.368 e. The largest absolute Gasteiger partial charge is 0.368 e. The zero-order chi connectivity index (χ0) is 15.9. The molecule has 0 aliphatic carbocycles. The standard InChI is InChI=1S/C18H20N2O2/c1-2-3-4-12-16(17(19)21)20-18(22)15-11-7-9-13-8-5-6-10-14(13)15/h2,5-11,16H,1,3-4,12H2,(H2,19,21)(H,20,22)/t16-/m1/s1. The molecule has 4 nitrogen and oxygen atoms in total. The molecule has 0 fully saturated rings. The molecule has 114 valence electrons. The topological polar surface area (TPSA) is 72.2 Å². The number of benzene rings is 2. The highest BCUT2D eigenvalue weighted by Gasteiger charge is 2.19. The molecule has 4 heteroatoms. The summed E-state index contributed by atoms with van der Waals surface area (Å²) in [6, 6.07) is 12.5. The van der Waals surface area contributed by atoms with E-state index in [9.17, 15) is 9.59 Å². The molecule has 0 heterocycles. The third-order valence-corrected chi connectivity index (χ3v) is 3.58. The molecule has 0 unspecified atom stereocenters. The molecule has 1 atom stereocenters. The highest BCUT2D eigenvalue weighted by Crippen LogP contribution is 2.18. The highest BCUT2D eigenvalue weighted by molar-refractivity contribution is 6.08. The van der Waals surface area contributed by atoms with Crippen LogP contribution in [-0.4, -0.2) is 17.9 Å². The van der Waals surface area contributed by atoms with E-state index in [0.717, 1.165) is 23.6 Å². The Hall–Kier alpha value is -2.62. The van der Waals surface area contributed by atoms with Gasteiger partial charge in [0.25, 0.3) is 5.91 Å². The van der Waals surface area contributed by atoms with Crippen molar-refractivity contribution in [3.8, 4) is 0 Å². The van der Waals surface area contributed by atoms with Crippen LogP contribution in [0.15, 0.2) is 55.1 Å². The van der Waals surface area contributed by atoms with Crippen LogP contribution in [0.1, 0.15) is 29.6 Å². The van der Waals surface area contributed by atoms with Crippen LogP contribution in [-0.2, 0) is 4.79 Å². The number of nitrogens with one attached hydrogen (secondary N) is 1. The maximum absolute atomic E-state index is 12.5. The number of carbonyl (C=O) groups is 2. The van der Waals surface area contributed by atoms with Gasteiger partial charge in [-0.15, -0.1) is 6.58 Å². The minimum atomic E-state index is -0.661. The van der Waals surface area contributed by atoms with Gasteiger partial charge in [0.1, 0.15) is 6.04 Å². The van der Waals surface area contributed by atoms with Crippen molar-refractivity contribution in [2.75, 3.05) is 0 Å². The number of carbonyl (C=O) groups excluding carboxylic acids is 2. The first-order chi connectivity index (χ1) is 10.6. The lowest BCUT2D eigenvalue weighted by Gasteiger charge is -2.16. The number of unbranched alkanes of at least 4 members (excludes halogenated alkanes) is 1. The van der Waals surface area contributed by atoms with Gasteiger partial charge < -0.3 is 11.1 Å². The van der Waals surface area contributed by atoms with Gasteiger partial charge in [0, 0.05) is 5.56 Å². The molecule has 0 saturated carbocycles. The molecule has 2 rings (SSSR count). The Morgan fingerprint density at radius 2 is 1.91 bits per heavy atom. The van der Waals surface area contributed by atoms with E-state index in [2.05, 4.69) is 11.9 Å². The van der Waals surface area contributed by atoms with Gasteiger partial charge in [-0.2, -0.15) is 0 Å². The maximum atomic E-state index is 12.5. The van der Waals surface area contributed by atoms with Crippen LogP contribution < -0.4 is 11.1 Å². The van der Waals surface area contributed by atoms with Crippen LogP contribution in [0.4, 0.5) is 0 Å². The molecule has 2 aromatic carbocycles. The van der Waals surface area contributed by atoms with E-state index in [1.807, 2.05) is 36.4 Å². The van der Waals surface area contributed by atoms with Crippen LogP contribution in [0.5, 0.6) is 0 Å². The summed E-state index contributed by atoms with van der Waals surface area (Å²) in [5, 5.41) is 4.58. The Morgan fingerprint density at radius 1 is 1.18 bits per heavy atom. The van der Waals surface area contributed by atoms with Gasteiger partial charge in [-0.3, -0.25) is 9.59 Å². The summed E-state index contributed by atoms with van der Waals surface area (Å²) in [7, 11) is 0. The van der Waals surface area contributed by atoms with Crippen LogP contribution in [0.3, 0.4) is 0 Å². The molecule has 0 spiro atoms. The van der Waals surface area contributed by atoms with Crippen molar-refractivity contribution >= 4 is 22.6 Å². The number of rotatable bonds is 7. The number of hydrogen-bond donors (Lipinski definition) is 2. The quantitative estimate of drug-likeness (QED) is 0.609. The molecule has 0 aliphatic heterocycles. The molecule has 0 bridgehead atoms. The minimum absolute atomic E-state index is 0.279. The Balaban J connectivity index is 2.18. The molecule has 0 aromatic heterocycles. The summed E-state index contributed by atoms with van der Waals surface area (Å²) < 4.78 is 0. The number of nitrogens with two attached hydrogens (primary N) is 1. The highest BCUT2D eigenvalue weighted by atomic mass is 16.2. The average Bonchev–Trinajstić information content (AvgIpc) is 2.53. The Bertz CT molecular complexity index is 689. The van der Waals surface area contributed by atoms with Gasteiger partial charge in [-0.25, -0.2) is 0 Å². The fourth-order valence-electron chi connectivity index (χ4n) is 2.41. The van der Waals surface area contributed by atoms with Gasteiger partial charge >= 0.3 is 0 Å². The lowest BCUT2D eigenvalue weighted by Crippen LogP contribution is -2.44. The second-order valence-corrected chi connectivity index (χ2v) is 5.17. The van der Waals surface area contributed by atoms with E-state index in [-0.39, 0.29) is 5.91 Å². The number of primary amides is 1. The van der Waals surface area contributed by atoms with E-state index in [4.69, 9.17) is 5.73 Å². The SMILES string of the molecule is C=CCCC[C@@H](NC(=O)c1cccc2ccccc12)C(N)=O. The number of hydrogen-bond acceptors (Lipinski definition) is 2. The van der Waals surface area contributed by atoms with E-state index in [1.54, 1.807) is 12.1 Å². The first kappa shape index (κ1) is 15.8. The molecular weight excluding hydrogens is 276 g/mol. The van der Waals surface area contributed by atoms with Crippen molar-refractivity contribution in [2.45, 2.75) is 25.3 Å². The Kier molecular flexibility index (Phi) is 5.31. The van der Waals surface area contributed by atoms with E-state index in [0.29, 0.717) is 12.0 Å². The van der Waals surface area contributed by atoms with Gasteiger partial charge in [0.05, 0.1) is 0 Å². The smallest absolute Gasteiger partial charge is 0.252 e. The van der Waals surface area contributed by atoms with Gasteiger partial charge in [0.15, 0.2) is 0 Å². The summed E-state index contributed by atoms with van der Waals surface area (Å²) in [4.78, 5) is 24.0. The van der Waals surface area contributed by atoms with Crippen LogP contribution in [0.2, 0.25) is 0 Å². The van der Waals surface area contributed by atoms with Crippen LogP contribution in [0.25, 0.3) is 10.8 Å². The summed E-state index contributed by atoms with van der Waals surface area (Å²) in [6.07, 6.45) is 3.84. The number of amides is 2. The first-order valence-electron chi connectivity index (χ1n) is 7.32. The Labute approximate surface area is 130 Å². The van der Waals surface area contributed by atoms with Crippen molar-refractivity contribution in [1.82, 2.24) is 5.32 Å². The fourth-order valence-corrected chi connectivity index (χ4v) is 2.41. The summed E-state index contributed by atoms with van der Waals surface area (Å²) in [6.45, 7) is 3.64. The van der Waals surface area contributed by atoms with Gasteiger partial charge in [-0.05, 0) is 36.1 Å². The van der Waals surface area contributed by atoms with Crippen molar-refractivity contribution in [2.24, 2.45) is 5.73 Å². The average molecular weight is 296 g/mol. The second-order valence-electron chi connectivity index (χ2n) is 5.17. The summed E-state index contributed by atoms with van der Waals surface area (Å²) in [5.74, 6) is -0.795. The van der Waals surface area contributed by atoms with Gasteiger partial charge in [0.2, 0.25) is 5.91 Å². The molecule has 2 amide bonds. The zero-order valence-corrected chi connectivity index (χ0v) is 12.4. The maximum Gasteiger partial charge on any atom is 0.252 e. The monoisotopic (exact) mass is 296 g/mol. The van der Waals surface area contributed by atoms with E-state index in [1.165, 1.54) is 0 Å². The van der Waals surface area contributed by atoms with Crippen molar-refractivity contribution in [3.05, 3.63) is 60.7 Å². The summed E-state index contributed by atoms with van der Waals surface area (Å²) >= 11 is 0. The normalized spacial score (nSPS) is 11.8. The van der Waals surface area contributed by atoms with Crippen molar-refractivity contribution in [3.63, 3.8) is 0 Å². The third-order valence-electron chi connectivity index (χ3n) is 3.58. The molecule has 3 N–H and O–H groups in total. The Morgan fingerprint density at radius 3 is 2.64 bits per heavy atom. The lowest BCUT2D eigenvalue weighted by atomic mass is 10.0. The molecule has 0 saturated heterocycles. The molecule has 2 aromatic rings. The summed E-state index contributed by atoms with van der Waals surface area (Å²) in [5.41, 5.74) is 5.93. The van der Waals surface area contributed by atoms with Crippen molar-refractivity contribution < 1.29 is 9.59 Å². The second kappa shape index (κ2) is 7.41. The molecular formula is C18H20N2O2. The third kappa shape index (κ3) is 3.73. The van der Waals surface area contributed by atoms with Crippen LogP contribution >= 0.6 is 0 Å². The molecule has 0 radical (unpaired) electrons. The van der Waals surface area contributed by atoms with E-state index < -0.39 is 11.9 Å². The molecule has 22 heavy (non-hydrogen) atoms. The first-order valence-corrected chi connectivity index (χ1v) is 7.32. The predicted octanol–water partition coefficient (Wildman–Crippen LogP) is 2.78.